The zero-order chi connectivity index (χ0) is 30.2. The standard InChI is InChI=1S/C21H22N2O3.C12H14N2O2/c1-3-26-21(25)18-14-16-10-7-11-17(20(16)23(18)2)22-19(24)13-12-15-8-5-4-6-9-15;1-3-16-12(15)10-7-8-5-4-6-9(13)11(8)14(10)2/h4-11,14H,3,12-13H2,1-2H3,(H,22,24);4-7H,3,13H2,1-2H3. The Labute approximate surface area is 244 Å². The van der Waals surface area contributed by atoms with Gasteiger partial charge in [0.15, 0.2) is 0 Å². The minimum atomic E-state index is -0.368. The van der Waals surface area contributed by atoms with E-state index in [1.54, 1.807) is 42.2 Å². The van der Waals surface area contributed by atoms with Gasteiger partial charge in [-0.05, 0) is 50.1 Å². The second kappa shape index (κ2) is 13.5. The number of nitrogens with one attached hydrogen (secondary N) is 1. The summed E-state index contributed by atoms with van der Waals surface area (Å²) >= 11 is 0. The van der Waals surface area contributed by atoms with Gasteiger partial charge in [-0.25, -0.2) is 9.59 Å². The molecule has 5 aromatic rings. The Bertz CT molecular complexity index is 1720. The van der Waals surface area contributed by atoms with Crippen molar-refractivity contribution >= 4 is 51.0 Å². The van der Waals surface area contributed by atoms with Gasteiger partial charge >= 0.3 is 11.9 Å². The number of nitrogens with zero attached hydrogens (tertiary/aromatic N) is 2. The second-order valence-corrected chi connectivity index (χ2v) is 9.68. The number of para-hydroxylation sites is 2. The minimum absolute atomic E-state index is 0.0553. The van der Waals surface area contributed by atoms with E-state index in [9.17, 15) is 14.4 Å². The van der Waals surface area contributed by atoms with E-state index >= 15 is 0 Å². The van der Waals surface area contributed by atoms with Crippen molar-refractivity contribution in [3.63, 3.8) is 0 Å². The smallest absolute Gasteiger partial charge is 0.354 e. The van der Waals surface area contributed by atoms with Crippen LogP contribution < -0.4 is 11.1 Å². The van der Waals surface area contributed by atoms with Gasteiger partial charge in [0.05, 0.1) is 35.6 Å². The molecule has 2 aromatic heterocycles. The van der Waals surface area contributed by atoms with Crippen molar-refractivity contribution in [2.45, 2.75) is 26.7 Å². The molecule has 0 unspecified atom stereocenters. The van der Waals surface area contributed by atoms with E-state index in [2.05, 4.69) is 5.32 Å². The third kappa shape index (κ3) is 6.63. The number of anilines is 2. The Kier molecular flexibility index (Phi) is 9.65. The molecular formula is C33H36N4O5. The van der Waals surface area contributed by atoms with Gasteiger partial charge in [-0.1, -0.05) is 54.6 Å². The number of aryl methyl sites for hydroxylation is 3. The number of amides is 1. The Balaban J connectivity index is 0.000000216. The van der Waals surface area contributed by atoms with Gasteiger partial charge in [0.1, 0.15) is 11.4 Å². The van der Waals surface area contributed by atoms with Crippen LogP contribution in [0.15, 0.2) is 78.9 Å². The maximum absolute atomic E-state index is 12.4. The fourth-order valence-corrected chi connectivity index (χ4v) is 4.88. The van der Waals surface area contributed by atoms with E-state index in [4.69, 9.17) is 15.2 Å². The number of rotatable bonds is 8. The average Bonchev–Trinajstić information content (AvgIpc) is 3.51. The van der Waals surface area contributed by atoms with Gasteiger partial charge < -0.3 is 29.7 Å². The molecule has 0 saturated carbocycles. The number of fused-ring (bicyclic) bond motifs is 2. The second-order valence-electron chi connectivity index (χ2n) is 9.68. The third-order valence-electron chi connectivity index (χ3n) is 6.87. The van der Waals surface area contributed by atoms with E-state index < -0.39 is 0 Å². The largest absolute Gasteiger partial charge is 0.461 e. The summed E-state index contributed by atoms with van der Waals surface area (Å²) in [6, 6.07) is 24.7. The van der Waals surface area contributed by atoms with Crippen LogP contribution in [0, 0.1) is 0 Å². The molecule has 3 aromatic carbocycles. The van der Waals surface area contributed by atoms with Crippen LogP contribution in [0.1, 0.15) is 46.8 Å². The van der Waals surface area contributed by atoms with Crippen LogP contribution in [0.2, 0.25) is 0 Å². The molecule has 1 amide bonds. The summed E-state index contributed by atoms with van der Waals surface area (Å²) in [6.07, 6.45) is 1.08. The van der Waals surface area contributed by atoms with E-state index in [0.717, 1.165) is 27.4 Å². The molecule has 0 bridgehead atoms. The van der Waals surface area contributed by atoms with Crippen LogP contribution in [0.5, 0.6) is 0 Å². The lowest BCUT2D eigenvalue weighted by Gasteiger charge is -2.10. The van der Waals surface area contributed by atoms with E-state index in [1.807, 2.05) is 73.8 Å². The molecule has 0 spiro atoms. The molecule has 0 aliphatic carbocycles. The highest BCUT2D eigenvalue weighted by molar-refractivity contribution is 6.04. The first-order valence-corrected chi connectivity index (χ1v) is 13.9. The van der Waals surface area contributed by atoms with Crippen molar-refractivity contribution < 1.29 is 23.9 Å². The number of hydrogen-bond donors (Lipinski definition) is 2. The summed E-state index contributed by atoms with van der Waals surface area (Å²) in [5.41, 5.74) is 11.0. The highest BCUT2D eigenvalue weighted by atomic mass is 16.5. The molecule has 9 heteroatoms. The third-order valence-corrected chi connectivity index (χ3v) is 6.87. The van der Waals surface area contributed by atoms with Crippen LogP contribution in [-0.2, 0) is 34.8 Å². The Morgan fingerprint density at radius 2 is 1.29 bits per heavy atom. The molecule has 0 atom stereocenters. The van der Waals surface area contributed by atoms with Crippen molar-refractivity contribution in [1.82, 2.24) is 9.13 Å². The number of esters is 2. The fraction of sp³-hybridized carbons (Fsp3) is 0.242. The molecule has 0 aliphatic heterocycles. The van der Waals surface area contributed by atoms with Crippen molar-refractivity contribution in [2.75, 3.05) is 24.3 Å². The molecule has 218 valence electrons. The summed E-state index contributed by atoms with van der Waals surface area (Å²) < 4.78 is 13.6. The van der Waals surface area contributed by atoms with Crippen molar-refractivity contribution in [3.05, 3.63) is 95.8 Å². The lowest BCUT2D eigenvalue weighted by Crippen LogP contribution is -2.14. The average molecular weight is 569 g/mol. The van der Waals surface area contributed by atoms with Gasteiger partial charge in [-0.15, -0.1) is 0 Å². The highest BCUT2D eigenvalue weighted by Gasteiger charge is 2.18. The van der Waals surface area contributed by atoms with Crippen LogP contribution >= 0.6 is 0 Å². The number of aromatic nitrogens is 2. The zero-order valence-corrected chi connectivity index (χ0v) is 24.3. The molecule has 42 heavy (non-hydrogen) atoms. The lowest BCUT2D eigenvalue weighted by molar-refractivity contribution is -0.116. The van der Waals surface area contributed by atoms with Gasteiger partial charge in [0, 0.05) is 31.3 Å². The van der Waals surface area contributed by atoms with E-state index in [1.165, 1.54) is 0 Å². The van der Waals surface area contributed by atoms with Crippen LogP contribution in [0.3, 0.4) is 0 Å². The highest BCUT2D eigenvalue weighted by Crippen LogP contribution is 2.27. The molecule has 0 radical (unpaired) electrons. The molecule has 5 rings (SSSR count). The van der Waals surface area contributed by atoms with E-state index in [0.29, 0.717) is 48.8 Å². The van der Waals surface area contributed by atoms with Crippen LogP contribution in [0.4, 0.5) is 11.4 Å². The number of hydrogen-bond acceptors (Lipinski definition) is 6. The van der Waals surface area contributed by atoms with Gasteiger partial charge in [-0.3, -0.25) is 4.79 Å². The Hall–Kier alpha value is -5.05. The predicted octanol–water partition coefficient (Wildman–Crippen LogP) is 5.86. The molecule has 0 fully saturated rings. The maximum atomic E-state index is 12.4. The molecule has 0 saturated heterocycles. The minimum Gasteiger partial charge on any atom is -0.461 e. The number of nitrogens with two attached hydrogens (primary N) is 1. The fourth-order valence-electron chi connectivity index (χ4n) is 4.88. The van der Waals surface area contributed by atoms with Crippen molar-refractivity contribution in [3.8, 4) is 0 Å². The lowest BCUT2D eigenvalue weighted by atomic mass is 10.1. The Morgan fingerprint density at radius 1 is 0.738 bits per heavy atom. The van der Waals surface area contributed by atoms with E-state index in [-0.39, 0.29) is 17.8 Å². The monoisotopic (exact) mass is 568 g/mol. The van der Waals surface area contributed by atoms with Crippen LogP contribution in [0.25, 0.3) is 21.8 Å². The summed E-state index contributed by atoms with van der Waals surface area (Å²) in [6.45, 7) is 4.26. The first kappa shape index (κ1) is 29.9. The number of carbonyl (C=O) groups excluding carboxylic acids is 3. The Morgan fingerprint density at radius 3 is 1.86 bits per heavy atom. The summed E-state index contributed by atoms with van der Waals surface area (Å²) in [7, 11) is 3.61. The maximum Gasteiger partial charge on any atom is 0.354 e. The van der Waals surface area contributed by atoms with Gasteiger partial charge in [0.25, 0.3) is 0 Å². The first-order valence-electron chi connectivity index (χ1n) is 13.9. The normalized spacial score (nSPS) is 10.7. The number of ether oxygens (including phenoxy) is 2. The summed E-state index contributed by atoms with van der Waals surface area (Å²) in [5.74, 6) is -0.742. The quantitative estimate of drug-likeness (QED) is 0.179. The van der Waals surface area contributed by atoms with Gasteiger partial charge in [-0.2, -0.15) is 0 Å². The number of nitrogen functional groups attached to an aromatic ring is 1. The summed E-state index contributed by atoms with van der Waals surface area (Å²) in [4.78, 5) is 36.1. The zero-order valence-electron chi connectivity index (χ0n) is 24.3. The molecule has 0 aliphatic rings. The molecule has 9 nitrogen and oxygen atoms in total. The van der Waals surface area contributed by atoms with Crippen molar-refractivity contribution in [2.24, 2.45) is 14.1 Å². The molecule has 3 N–H and O–H groups in total. The SMILES string of the molecule is CCOC(=O)c1cc2cccc(N)c2n1C.CCOC(=O)c1cc2cccc(NC(=O)CCc3ccccc3)c2n1C. The topological polar surface area (TPSA) is 118 Å². The number of carbonyl (C=O) groups is 3. The van der Waals surface area contributed by atoms with Crippen LogP contribution in [-0.4, -0.2) is 40.2 Å². The predicted molar refractivity (Wildman–Crippen MR) is 166 cm³/mol. The first-order chi connectivity index (χ1) is 20.2. The molecular weight excluding hydrogens is 532 g/mol. The summed E-state index contributed by atoms with van der Waals surface area (Å²) in [5, 5.41) is 4.80. The van der Waals surface area contributed by atoms with Gasteiger partial charge in [0.2, 0.25) is 5.91 Å². The van der Waals surface area contributed by atoms with Crippen molar-refractivity contribution in [1.29, 1.82) is 0 Å². The number of benzene rings is 3. The molecule has 2 heterocycles.